The second kappa shape index (κ2) is 11.0. The molecule has 10 rings (SSSR count). The van der Waals surface area contributed by atoms with Gasteiger partial charge in [-0.25, -0.2) is 15.0 Å². The Morgan fingerprint density at radius 1 is 0.327 bits per heavy atom. The summed E-state index contributed by atoms with van der Waals surface area (Å²) in [6.45, 7) is 0. The Morgan fingerprint density at radius 3 is 1.51 bits per heavy atom. The molecule has 0 unspecified atom stereocenters. The largest absolute Gasteiger partial charge is 0.309 e. The Labute approximate surface area is 283 Å². The second-order valence-corrected chi connectivity index (χ2v) is 12.5. The minimum Gasteiger partial charge on any atom is -0.309 e. The van der Waals surface area contributed by atoms with E-state index in [4.69, 9.17) is 15.0 Å². The Morgan fingerprint density at radius 2 is 0.837 bits per heavy atom. The average Bonchev–Trinajstić information content (AvgIpc) is 3.52. The van der Waals surface area contributed by atoms with Crippen molar-refractivity contribution in [3.05, 3.63) is 170 Å². The summed E-state index contributed by atoms with van der Waals surface area (Å²) in [5, 5.41) is 2.47. The average molecular weight is 625 g/mol. The maximum absolute atomic E-state index is 5.07. The summed E-state index contributed by atoms with van der Waals surface area (Å²) in [4.78, 5) is 15.1. The molecular weight excluding hydrogens is 597 g/mol. The van der Waals surface area contributed by atoms with Gasteiger partial charge in [-0.3, -0.25) is 0 Å². The number of fused-ring (bicyclic) bond motifs is 17. The van der Waals surface area contributed by atoms with Crippen LogP contribution in [0, 0.1) is 0 Å². The zero-order valence-corrected chi connectivity index (χ0v) is 26.5. The van der Waals surface area contributed by atoms with Crippen LogP contribution < -0.4 is 0 Å². The molecule has 228 valence electrons. The van der Waals surface area contributed by atoms with Gasteiger partial charge in [0.2, 0.25) is 0 Å². The molecule has 4 nitrogen and oxygen atoms in total. The van der Waals surface area contributed by atoms with Gasteiger partial charge >= 0.3 is 0 Å². The summed E-state index contributed by atoms with van der Waals surface area (Å²) in [7, 11) is 0. The van der Waals surface area contributed by atoms with Crippen molar-refractivity contribution in [3.8, 4) is 73.2 Å². The van der Waals surface area contributed by atoms with Crippen LogP contribution in [0.2, 0.25) is 0 Å². The summed E-state index contributed by atoms with van der Waals surface area (Å²) in [5.41, 5.74) is 13.2. The monoisotopic (exact) mass is 624 g/mol. The molecule has 9 aromatic rings. The zero-order chi connectivity index (χ0) is 32.3. The fourth-order valence-electron chi connectivity index (χ4n) is 7.23. The Kier molecular flexibility index (Phi) is 6.15. The number of hydrogen-bond acceptors (Lipinski definition) is 3. The Bertz CT molecular complexity index is 2710. The van der Waals surface area contributed by atoms with E-state index in [1.54, 1.807) is 0 Å². The lowest BCUT2D eigenvalue weighted by Gasteiger charge is -2.13. The molecule has 0 spiro atoms. The number of rotatable bonds is 2. The standard InChI is InChI=1S/C45H28N4/c1-3-11-29(12-4-1)38-21-10-22-40-42(38)39-24-23-34-28-41(39)49(40)37-20-9-17-33(27-37)31-15-7-18-35(25-31)44-46-43(30-13-5-2-6-14-30)47-45(48-44)36-19-8-16-32(34)26-36/h1-28H. The fourth-order valence-corrected chi connectivity index (χ4v) is 7.23. The highest BCUT2D eigenvalue weighted by Crippen LogP contribution is 2.41. The second-order valence-electron chi connectivity index (χ2n) is 12.5. The first kappa shape index (κ1) is 27.5. The van der Waals surface area contributed by atoms with Crippen LogP contribution in [0.25, 0.3) is 95.0 Å². The molecule has 0 radical (unpaired) electrons. The maximum atomic E-state index is 5.07. The van der Waals surface area contributed by atoms with Crippen LogP contribution in [0.15, 0.2) is 170 Å². The van der Waals surface area contributed by atoms with Crippen LogP contribution in [0.1, 0.15) is 0 Å². The summed E-state index contributed by atoms with van der Waals surface area (Å²) < 4.78 is 2.42. The van der Waals surface area contributed by atoms with Crippen molar-refractivity contribution in [2.24, 2.45) is 0 Å². The molecule has 49 heavy (non-hydrogen) atoms. The molecule has 0 saturated carbocycles. The molecule has 2 aromatic heterocycles. The number of benzene rings is 7. The van der Waals surface area contributed by atoms with Gasteiger partial charge in [0.15, 0.2) is 17.5 Å². The van der Waals surface area contributed by atoms with E-state index in [-0.39, 0.29) is 0 Å². The molecule has 0 atom stereocenters. The summed E-state index contributed by atoms with van der Waals surface area (Å²) in [6, 6.07) is 60.2. The van der Waals surface area contributed by atoms with Gasteiger partial charge in [-0.2, -0.15) is 0 Å². The number of hydrogen-bond donors (Lipinski definition) is 0. The lowest BCUT2D eigenvalue weighted by atomic mass is 9.97. The van der Waals surface area contributed by atoms with E-state index in [0.717, 1.165) is 50.1 Å². The van der Waals surface area contributed by atoms with Crippen LogP contribution in [0.3, 0.4) is 0 Å². The third kappa shape index (κ3) is 4.57. The highest BCUT2D eigenvalue weighted by atomic mass is 15.0. The van der Waals surface area contributed by atoms with Crippen LogP contribution in [0.5, 0.6) is 0 Å². The molecule has 10 bridgehead atoms. The van der Waals surface area contributed by atoms with Crippen LogP contribution >= 0.6 is 0 Å². The first-order chi connectivity index (χ1) is 24.3. The van der Waals surface area contributed by atoms with Gasteiger partial charge in [-0.05, 0) is 69.8 Å². The first-order valence-electron chi connectivity index (χ1n) is 16.5. The smallest absolute Gasteiger partial charge is 0.164 e. The van der Waals surface area contributed by atoms with E-state index in [9.17, 15) is 0 Å². The molecule has 0 aliphatic carbocycles. The quantitative estimate of drug-likeness (QED) is 0.192. The van der Waals surface area contributed by atoms with Gasteiger partial charge in [0.25, 0.3) is 0 Å². The van der Waals surface area contributed by atoms with E-state index >= 15 is 0 Å². The van der Waals surface area contributed by atoms with E-state index in [1.807, 2.05) is 30.3 Å². The lowest BCUT2D eigenvalue weighted by molar-refractivity contribution is 1.07. The minimum absolute atomic E-state index is 0.646. The Hall–Kier alpha value is -6.65. The van der Waals surface area contributed by atoms with Crippen molar-refractivity contribution in [1.82, 2.24) is 19.5 Å². The van der Waals surface area contributed by atoms with Crippen molar-refractivity contribution in [1.29, 1.82) is 0 Å². The highest BCUT2D eigenvalue weighted by molar-refractivity contribution is 6.16. The number of aromatic nitrogens is 4. The topological polar surface area (TPSA) is 43.6 Å². The van der Waals surface area contributed by atoms with E-state index < -0.39 is 0 Å². The predicted octanol–water partition coefficient (Wildman–Crippen LogP) is 11.3. The molecule has 7 aromatic carbocycles. The van der Waals surface area contributed by atoms with Crippen molar-refractivity contribution >= 4 is 21.8 Å². The van der Waals surface area contributed by atoms with Crippen molar-refractivity contribution < 1.29 is 0 Å². The fraction of sp³-hybridized carbons (Fsp3) is 0. The zero-order valence-electron chi connectivity index (χ0n) is 26.5. The summed E-state index contributed by atoms with van der Waals surface area (Å²) >= 11 is 0. The summed E-state index contributed by atoms with van der Waals surface area (Å²) in [5.74, 6) is 1.94. The third-order valence-electron chi connectivity index (χ3n) is 9.56. The van der Waals surface area contributed by atoms with Crippen LogP contribution in [0.4, 0.5) is 0 Å². The van der Waals surface area contributed by atoms with Gasteiger partial charge in [0.1, 0.15) is 0 Å². The molecule has 0 saturated heterocycles. The predicted molar refractivity (Wildman–Crippen MR) is 200 cm³/mol. The molecule has 3 heterocycles. The Balaban J connectivity index is 1.30. The van der Waals surface area contributed by atoms with E-state index in [1.165, 1.54) is 27.4 Å². The summed E-state index contributed by atoms with van der Waals surface area (Å²) in [6.07, 6.45) is 0. The molecule has 4 heteroatoms. The molecule has 1 aliphatic heterocycles. The van der Waals surface area contributed by atoms with Gasteiger partial charge in [0, 0.05) is 33.2 Å². The minimum atomic E-state index is 0.646. The van der Waals surface area contributed by atoms with Crippen molar-refractivity contribution in [2.75, 3.05) is 0 Å². The van der Waals surface area contributed by atoms with Gasteiger partial charge in [-0.15, -0.1) is 0 Å². The normalized spacial score (nSPS) is 11.7. The number of nitrogens with zero attached hydrogens (tertiary/aromatic N) is 4. The van der Waals surface area contributed by atoms with Crippen molar-refractivity contribution in [2.45, 2.75) is 0 Å². The van der Waals surface area contributed by atoms with E-state index in [2.05, 4.69) is 144 Å². The van der Waals surface area contributed by atoms with Gasteiger partial charge in [-0.1, -0.05) is 133 Å². The molecular formula is C45H28N4. The lowest BCUT2D eigenvalue weighted by Crippen LogP contribution is -2.00. The molecule has 0 N–H and O–H groups in total. The van der Waals surface area contributed by atoms with E-state index in [0.29, 0.717) is 17.5 Å². The van der Waals surface area contributed by atoms with Crippen LogP contribution in [-0.2, 0) is 0 Å². The maximum Gasteiger partial charge on any atom is 0.164 e. The molecule has 0 fully saturated rings. The molecule has 1 aliphatic rings. The van der Waals surface area contributed by atoms with Gasteiger partial charge < -0.3 is 4.57 Å². The van der Waals surface area contributed by atoms with Crippen molar-refractivity contribution in [3.63, 3.8) is 0 Å². The SMILES string of the molecule is c1ccc(-c2nc3nc(n2)-c2cccc(c2)-c2ccc4c5c(-c6ccccc6)cccc5n(c4c2)-c2cccc(c2)-c2cccc-3c2)cc1. The third-order valence-corrected chi connectivity index (χ3v) is 9.56. The first-order valence-corrected chi connectivity index (χ1v) is 16.5. The van der Waals surface area contributed by atoms with Gasteiger partial charge in [0.05, 0.1) is 11.0 Å². The molecule has 0 amide bonds. The highest BCUT2D eigenvalue weighted by Gasteiger charge is 2.19. The van der Waals surface area contributed by atoms with Crippen LogP contribution in [-0.4, -0.2) is 19.5 Å².